The van der Waals surface area contributed by atoms with Crippen molar-refractivity contribution < 1.29 is 23.9 Å². The van der Waals surface area contributed by atoms with E-state index < -0.39 is 11.9 Å². The number of para-hydroxylation sites is 1. The average molecular weight is 360 g/mol. The van der Waals surface area contributed by atoms with Gasteiger partial charge >= 0.3 is 0 Å². The van der Waals surface area contributed by atoms with E-state index in [0.717, 1.165) is 5.69 Å². The van der Waals surface area contributed by atoms with E-state index in [9.17, 15) is 9.59 Å². The fourth-order valence-electron chi connectivity index (χ4n) is 2.70. The quantitative estimate of drug-likeness (QED) is 0.747. The van der Waals surface area contributed by atoms with Crippen molar-refractivity contribution in [3.8, 4) is 11.5 Å². The van der Waals surface area contributed by atoms with Crippen molar-refractivity contribution in [3.63, 3.8) is 0 Å². The topological polar surface area (TPSA) is 106 Å². The van der Waals surface area contributed by atoms with E-state index in [4.69, 9.17) is 14.3 Å². The zero-order valence-electron chi connectivity index (χ0n) is 14.5. The van der Waals surface area contributed by atoms with Crippen LogP contribution < -0.4 is 14.8 Å². The molecule has 2 aromatic rings. The van der Waals surface area contributed by atoms with E-state index in [1.165, 1.54) is 19.3 Å². The summed E-state index contributed by atoms with van der Waals surface area (Å²) in [7, 11) is 2.95. The molecule has 2 N–H and O–H groups in total. The van der Waals surface area contributed by atoms with E-state index in [1.807, 2.05) is 0 Å². The Morgan fingerprint density at radius 3 is 2.96 bits per heavy atom. The highest BCUT2D eigenvalue weighted by Gasteiger charge is 2.35. The first-order chi connectivity index (χ1) is 12.6. The van der Waals surface area contributed by atoms with Gasteiger partial charge in [-0.15, -0.1) is 0 Å². The summed E-state index contributed by atoms with van der Waals surface area (Å²) in [4.78, 5) is 37.3. The van der Waals surface area contributed by atoms with Gasteiger partial charge in [-0.3, -0.25) is 14.4 Å². The van der Waals surface area contributed by atoms with Crippen LogP contribution in [0, 0.1) is 0 Å². The Hall–Kier alpha value is -3.07. The third kappa shape index (κ3) is 3.62. The van der Waals surface area contributed by atoms with Gasteiger partial charge in [0.15, 0.2) is 11.5 Å². The average Bonchev–Trinajstić information content (AvgIpc) is 3.30. The van der Waals surface area contributed by atoms with Crippen LogP contribution in [-0.4, -0.2) is 60.3 Å². The molecule has 1 fully saturated rings. The van der Waals surface area contributed by atoms with Crippen LogP contribution in [0.4, 0.5) is 0 Å². The summed E-state index contributed by atoms with van der Waals surface area (Å²) >= 11 is 0. The van der Waals surface area contributed by atoms with Crippen molar-refractivity contribution in [1.29, 1.82) is 0 Å². The second-order valence-electron chi connectivity index (χ2n) is 5.63. The van der Waals surface area contributed by atoms with Crippen LogP contribution in [0.5, 0.6) is 11.5 Å². The Kier molecular flexibility index (Phi) is 5.37. The predicted octanol–water partition coefficient (Wildman–Crippen LogP) is 0.542. The van der Waals surface area contributed by atoms with Crippen molar-refractivity contribution in [2.24, 2.45) is 0 Å². The molecular formula is C17H20N4O5. The number of hydrogen-bond acceptors (Lipinski definition) is 6. The van der Waals surface area contributed by atoms with Gasteiger partial charge in [-0.2, -0.15) is 0 Å². The zero-order valence-corrected chi connectivity index (χ0v) is 14.5. The number of benzene rings is 1. The molecular weight excluding hydrogens is 340 g/mol. The number of hydrogen-bond donors (Lipinski definition) is 2. The lowest BCUT2D eigenvalue weighted by molar-refractivity contribution is -0.161. The van der Waals surface area contributed by atoms with Crippen LogP contribution in [0.15, 0.2) is 30.7 Å². The monoisotopic (exact) mass is 360 g/mol. The number of nitrogens with one attached hydrogen (secondary N) is 2. The van der Waals surface area contributed by atoms with Crippen LogP contribution >= 0.6 is 0 Å². The molecule has 0 spiro atoms. The second kappa shape index (κ2) is 7.87. The van der Waals surface area contributed by atoms with Crippen molar-refractivity contribution in [3.05, 3.63) is 42.0 Å². The van der Waals surface area contributed by atoms with E-state index in [0.29, 0.717) is 24.5 Å². The van der Waals surface area contributed by atoms with Gasteiger partial charge in [0.25, 0.3) is 11.8 Å². The molecule has 2 amide bonds. The zero-order chi connectivity index (χ0) is 18.5. The van der Waals surface area contributed by atoms with Gasteiger partial charge in [0.05, 0.1) is 32.7 Å². The van der Waals surface area contributed by atoms with Crippen molar-refractivity contribution in [2.75, 3.05) is 27.4 Å². The molecule has 1 aliphatic heterocycles. The number of hydroxylamine groups is 2. The Labute approximate surface area is 150 Å². The number of ether oxygens (including phenoxy) is 2. The van der Waals surface area contributed by atoms with E-state index in [1.54, 1.807) is 30.7 Å². The number of imidazole rings is 1. The van der Waals surface area contributed by atoms with Gasteiger partial charge < -0.3 is 19.8 Å². The lowest BCUT2D eigenvalue weighted by Gasteiger charge is -2.15. The van der Waals surface area contributed by atoms with Crippen LogP contribution in [0.25, 0.3) is 0 Å². The number of rotatable bonds is 7. The minimum atomic E-state index is -0.750. The maximum Gasteiger partial charge on any atom is 0.271 e. The summed E-state index contributed by atoms with van der Waals surface area (Å²) in [5.74, 6) is 0.0307. The summed E-state index contributed by atoms with van der Waals surface area (Å²) in [5, 5.41) is 3.94. The number of methoxy groups -OCH3 is 2. The van der Waals surface area contributed by atoms with Crippen molar-refractivity contribution in [1.82, 2.24) is 20.3 Å². The molecule has 0 saturated carbocycles. The molecule has 0 unspecified atom stereocenters. The first-order valence-electron chi connectivity index (χ1n) is 8.07. The van der Waals surface area contributed by atoms with Crippen molar-refractivity contribution in [2.45, 2.75) is 12.5 Å². The molecule has 1 aliphatic rings. The Balaban J connectivity index is 1.62. The fraction of sp³-hybridized carbons (Fsp3) is 0.353. The van der Waals surface area contributed by atoms with Gasteiger partial charge in [-0.25, -0.2) is 10.0 Å². The molecule has 1 atom stereocenters. The number of nitrogens with zero attached hydrogens (tertiary/aromatic N) is 2. The lowest BCUT2D eigenvalue weighted by atomic mass is 10.1. The summed E-state index contributed by atoms with van der Waals surface area (Å²) in [5.41, 5.74) is 1.19. The number of aromatic nitrogens is 2. The SMILES string of the molecule is COc1cccc(C(=O)N[C@@H]2CON(CCc3cnc[nH]3)C2=O)c1OC. The first kappa shape index (κ1) is 17.7. The highest BCUT2D eigenvalue weighted by Crippen LogP contribution is 2.30. The van der Waals surface area contributed by atoms with E-state index >= 15 is 0 Å². The number of carbonyl (C=O) groups excluding carboxylic acids is 2. The Bertz CT molecular complexity index is 777. The first-order valence-corrected chi connectivity index (χ1v) is 8.07. The molecule has 0 radical (unpaired) electrons. The van der Waals surface area contributed by atoms with E-state index in [-0.39, 0.29) is 18.1 Å². The maximum atomic E-state index is 12.6. The smallest absolute Gasteiger partial charge is 0.271 e. The van der Waals surface area contributed by atoms with Crippen LogP contribution in [-0.2, 0) is 16.1 Å². The Morgan fingerprint density at radius 2 is 2.27 bits per heavy atom. The third-order valence-corrected chi connectivity index (χ3v) is 4.03. The number of carbonyl (C=O) groups is 2. The molecule has 1 aromatic carbocycles. The third-order valence-electron chi connectivity index (χ3n) is 4.03. The van der Waals surface area contributed by atoms with Crippen LogP contribution in [0.3, 0.4) is 0 Å². The Morgan fingerprint density at radius 1 is 1.42 bits per heavy atom. The molecule has 9 nitrogen and oxygen atoms in total. The highest BCUT2D eigenvalue weighted by atomic mass is 16.7. The molecule has 1 aromatic heterocycles. The molecule has 2 heterocycles. The second-order valence-corrected chi connectivity index (χ2v) is 5.63. The lowest BCUT2D eigenvalue weighted by Crippen LogP contribution is -2.43. The summed E-state index contributed by atoms with van der Waals surface area (Å²) in [6.45, 7) is 0.454. The van der Waals surface area contributed by atoms with Gasteiger partial charge in [-0.1, -0.05) is 6.07 Å². The largest absolute Gasteiger partial charge is 0.493 e. The number of aromatic amines is 1. The van der Waals surface area contributed by atoms with Crippen LogP contribution in [0.1, 0.15) is 16.1 Å². The molecule has 138 valence electrons. The van der Waals surface area contributed by atoms with Gasteiger partial charge in [0.1, 0.15) is 12.6 Å². The summed E-state index contributed by atoms with van der Waals surface area (Å²) in [6.07, 6.45) is 3.84. The number of H-pyrrole nitrogens is 1. The number of amides is 2. The van der Waals surface area contributed by atoms with E-state index in [2.05, 4.69) is 15.3 Å². The predicted molar refractivity (Wildman–Crippen MR) is 90.8 cm³/mol. The normalized spacial score (nSPS) is 16.6. The summed E-state index contributed by atoms with van der Waals surface area (Å²) in [6, 6.07) is 4.23. The highest BCUT2D eigenvalue weighted by molar-refractivity contribution is 6.00. The maximum absolute atomic E-state index is 12.6. The van der Waals surface area contributed by atoms with Gasteiger partial charge in [0.2, 0.25) is 0 Å². The standard InChI is InChI=1S/C17H20N4O5/c1-24-14-5-3-4-12(15(14)25-2)16(22)20-13-9-26-21(17(13)23)7-6-11-8-18-10-19-11/h3-5,8,10,13H,6-7,9H2,1-2H3,(H,18,19)(H,20,22)/t13-/m1/s1. The van der Waals surface area contributed by atoms with Gasteiger partial charge in [-0.05, 0) is 12.1 Å². The molecule has 0 bridgehead atoms. The molecule has 0 aliphatic carbocycles. The van der Waals surface area contributed by atoms with Crippen LogP contribution in [0.2, 0.25) is 0 Å². The molecule has 26 heavy (non-hydrogen) atoms. The molecule has 3 rings (SSSR count). The fourth-order valence-corrected chi connectivity index (χ4v) is 2.70. The molecule has 9 heteroatoms. The summed E-state index contributed by atoms with van der Waals surface area (Å²) < 4.78 is 10.4. The van der Waals surface area contributed by atoms with Gasteiger partial charge in [0, 0.05) is 18.3 Å². The minimum absolute atomic E-state index is 0.0832. The van der Waals surface area contributed by atoms with Crippen molar-refractivity contribution >= 4 is 11.8 Å². The molecule has 1 saturated heterocycles. The minimum Gasteiger partial charge on any atom is -0.493 e.